The summed E-state index contributed by atoms with van der Waals surface area (Å²) in [6, 6.07) is 106. The van der Waals surface area contributed by atoms with E-state index in [1.54, 1.807) is 35.7 Å². The summed E-state index contributed by atoms with van der Waals surface area (Å²) in [6.07, 6.45) is 3.68. The molecule has 674 valence electrons. The van der Waals surface area contributed by atoms with Gasteiger partial charge in [-0.15, -0.1) is 6.58 Å². The molecular formula is C123H113N3O7S2. The summed E-state index contributed by atoms with van der Waals surface area (Å²) in [6.45, 7) is 45.5. The number of nitrogens with zero attached hydrogens (tertiary/aromatic N) is 3. The summed E-state index contributed by atoms with van der Waals surface area (Å²) >= 11 is 3.60. The van der Waals surface area contributed by atoms with Crippen LogP contribution in [0, 0.1) is 16.2 Å². The first-order chi connectivity index (χ1) is 64.4. The highest BCUT2D eigenvalue weighted by atomic mass is 32.2. The summed E-state index contributed by atoms with van der Waals surface area (Å²) in [4.78, 5) is 41.8. The first kappa shape index (κ1) is 88.1. The minimum absolute atomic E-state index is 0.0625. The molecule has 18 aromatic carbocycles. The van der Waals surface area contributed by atoms with E-state index < -0.39 is 11.9 Å². The minimum Gasteiger partial charge on any atom is -0.457 e. The standard InChI is InChI=1S/C123H113N3O7S2/c1-73(2)69-120(12,13)74-36-52-85(53-37-74)132-101-68-97(124(78-44-48-80(49-45-78)125-93-28-20-24-32-102(93)134-103-33-25-21-29-94(103)125)79-46-50-81(51-47-79)126-95-30-22-26-34-104(95)135-105-35-27-23-31-96(105)126)86-64-65-98(129-82-54-38-75(39-55-82)121(14,15)70-117(3,4)5)109-87-60-62-89-107-90(63-61-88(106(87)107)110(101)113(86)109)112-100(131-84-58-42-77(43-59-84)123(18,19)72-119(9,10)11)67-92-108-91(115(127)133-116(92)128)66-99(111(89)114(108)112)130-83-56-40-76(41-57-83)122(16,17)71-118(6,7)8/h20-68H,1,69-72H2,2-19H3. The molecule has 0 N–H and O–H groups in total. The second kappa shape index (κ2) is 32.7. The number of rotatable bonds is 22. The highest BCUT2D eigenvalue weighted by Gasteiger charge is 2.39. The SMILES string of the molecule is C=C(C)CC(C)(C)c1ccc(Oc2cc(N(c3ccc(N4c5ccccc5Sc5ccccc54)cc3)c3ccc(N4c5ccccc5Sc5ccccc54)cc3)c3ccc(Oc4ccc(C(C)(C)CC(C)(C)C)cc4)c4c5ccc6c7c(Oc8ccc(C(C)(C)CC(C)(C)C)cc8)cc8c9c(cc(Oc%10ccc(C(C)(C)CC(C)(C)C)cc%10)c(c%10ccc(c2c34)c5c6%10)c97)C(=O)OC8=O)cc1. The molecule has 21 rings (SSSR count). The summed E-state index contributed by atoms with van der Waals surface area (Å²) in [5.41, 5.74) is 14.9. The molecule has 0 bridgehead atoms. The zero-order valence-corrected chi connectivity index (χ0v) is 82.0. The molecule has 0 aliphatic carbocycles. The minimum atomic E-state index is -0.763. The molecule has 0 aromatic heterocycles. The molecule has 3 aliphatic heterocycles. The summed E-state index contributed by atoms with van der Waals surface area (Å²) < 4.78 is 36.4. The summed E-state index contributed by atoms with van der Waals surface area (Å²) in [5, 5.41) is 11.3. The van der Waals surface area contributed by atoms with Crippen LogP contribution in [0.25, 0.3) is 75.4 Å². The molecule has 0 fully saturated rings. The van der Waals surface area contributed by atoms with Crippen LogP contribution < -0.4 is 33.6 Å². The molecule has 3 heterocycles. The quantitative estimate of drug-likeness (QED) is 0.0213. The van der Waals surface area contributed by atoms with Crippen molar-refractivity contribution in [1.82, 2.24) is 0 Å². The van der Waals surface area contributed by atoms with Gasteiger partial charge < -0.3 is 38.4 Å². The van der Waals surface area contributed by atoms with Crippen LogP contribution in [-0.4, -0.2) is 11.9 Å². The Morgan fingerprint density at radius 1 is 0.311 bits per heavy atom. The van der Waals surface area contributed by atoms with Crippen LogP contribution in [0.5, 0.6) is 46.0 Å². The predicted octanol–water partition coefficient (Wildman–Crippen LogP) is 36.8. The number of para-hydroxylation sites is 4. The summed E-state index contributed by atoms with van der Waals surface area (Å²) in [7, 11) is 0. The van der Waals surface area contributed by atoms with Crippen LogP contribution in [-0.2, 0) is 26.4 Å². The third kappa shape index (κ3) is 16.1. The lowest BCUT2D eigenvalue weighted by Gasteiger charge is -2.34. The van der Waals surface area contributed by atoms with E-state index in [2.05, 4.69) is 407 Å². The fourth-order valence-electron chi connectivity index (χ4n) is 22.9. The van der Waals surface area contributed by atoms with E-state index >= 15 is 0 Å². The van der Waals surface area contributed by atoms with Crippen molar-refractivity contribution in [3.63, 3.8) is 0 Å². The van der Waals surface area contributed by atoms with E-state index in [4.69, 9.17) is 23.7 Å². The number of carbonyl (C=O) groups is 2. The Morgan fingerprint density at radius 2 is 0.607 bits per heavy atom. The second-order valence-electron chi connectivity index (χ2n) is 43.7. The number of hydrogen-bond donors (Lipinski definition) is 0. The number of cyclic esters (lactones) is 2. The maximum absolute atomic E-state index is 14.9. The van der Waals surface area contributed by atoms with Crippen molar-refractivity contribution in [1.29, 1.82) is 0 Å². The number of carbonyl (C=O) groups excluding carboxylic acids is 2. The summed E-state index contributed by atoms with van der Waals surface area (Å²) in [5.74, 6) is 2.97. The lowest BCUT2D eigenvalue weighted by Crippen LogP contribution is -2.24. The Balaban J connectivity index is 0.866. The molecule has 0 saturated heterocycles. The van der Waals surface area contributed by atoms with Gasteiger partial charge in [0.1, 0.15) is 46.0 Å². The topological polar surface area (TPSA) is 90.0 Å². The highest BCUT2D eigenvalue weighted by molar-refractivity contribution is 8.00. The zero-order valence-electron chi connectivity index (χ0n) is 80.3. The van der Waals surface area contributed by atoms with E-state index in [9.17, 15) is 9.59 Å². The van der Waals surface area contributed by atoms with Gasteiger partial charge in [0.15, 0.2) is 0 Å². The van der Waals surface area contributed by atoms with Gasteiger partial charge >= 0.3 is 11.9 Å². The van der Waals surface area contributed by atoms with Gasteiger partial charge in [-0.2, -0.15) is 0 Å². The lowest BCUT2D eigenvalue weighted by atomic mass is 9.72. The van der Waals surface area contributed by atoms with Crippen molar-refractivity contribution in [3.8, 4) is 46.0 Å². The van der Waals surface area contributed by atoms with Gasteiger partial charge in [-0.25, -0.2) is 9.59 Å². The smallest absolute Gasteiger partial charge is 0.346 e. The van der Waals surface area contributed by atoms with Gasteiger partial charge in [-0.05, 0) is 295 Å². The van der Waals surface area contributed by atoms with Gasteiger partial charge in [-0.1, -0.05) is 268 Å². The number of allylic oxidation sites excluding steroid dienone is 1. The number of ether oxygens (including phenoxy) is 5. The van der Waals surface area contributed by atoms with Crippen LogP contribution in [0.3, 0.4) is 0 Å². The molecule has 0 spiro atoms. The predicted molar refractivity (Wildman–Crippen MR) is 563 cm³/mol. The monoisotopic (exact) mass is 1810 g/mol. The first-order valence-corrected chi connectivity index (χ1v) is 48.8. The number of anilines is 9. The van der Waals surface area contributed by atoms with Crippen molar-refractivity contribution in [2.75, 3.05) is 14.7 Å². The van der Waals surface area contributed by atoms with Crippen molar-refractivity contribution in [2.24, 2.45) is 16.2 Å². The van der Waals surface area contributed by atoms with Crippen LogP contribution >= 0.6 is 23.5 Å². The van der Waals surface area contributed by atoms with Gasteiger partial charge in [0, 0.05) is 91.5 Å². The Bertz CT molecular complexity index is 7420. The molecule has 0 saturated carbocycles. The van der Waals surface area contributed by atoms with Crippen molar-refractivity contribution in [3.05, 3.63) is 343 Å². The average molecular weight is 1810 g/mol. The Kier molecular flexibility index (Phi) is 21.3. The van der Waals surface area contributed by atoms with Crippen molar-refractivity contribution in [2.45, 2.75) is 192 Å². The van der Waals surface area contributed by atoms with Crippen LogP contribution in [0.1, 0.15) is 193 Å². The molecule has 12 heteroatoms. The van der Waals surface area contributed by atoms with Gasteiger partial charge in [-0.3, -0.25) is 0 Å². The number of fused-ring (bicyclic) bond motifs is 8. The lowest BCUT2D eigenvalue weighted by molar-refractivity contribution is 0.0390. The largest absolute Gasteiger partial charge is 0.457 e. The van der Waals surface area contributed by atoms with E-state index in [0.717, 1.165) is 142 Å². The van der Waals surface area contributed by atoms with Crippen molar-refractivity contribution < 1.29 is 33.3 Å². The number of esters is 2. The number of benzene rings is 18. The fourth-order valence-corrected chi connectivity index (χ4v) is 25.0. The molecule has 10 nitrogen and oxygen atoms in total. The van der Waals surface area contributed by atoms with Crippen LogP contribution in [0.2, 0.25) is 0 Å². The average Bonchev–Trinajstić information content (AvgIpc) is 0.671. The maximum Gasteiger partial charge on any atom is 0.346 e. The molecule has 0 unspecified atom stereocenters. The third-order valence-electron chi connectivity index (χ3n) is 27.4. The zero-order chi connectivity index (χ0) is 94.1. The Labute approximate surface area is 800 Å². The Morgan fingerprint density at radius 3 is 0.941 bits per heavy atom. The normalized spacial score (nSPS) is 13.7. The Hall–Kier alpha value is -13.5. The fraction of sp³-hybridized carbons (Fsp3) is 0.236. The second-order valence-corrected chi connectivity index (χ2v) is 45.9. The molecule has 18 aromatic rings. The van der Waals surface area contributed by atoms with E-state index in [-0.39, 0.29) is 49.0 Å². The van der Waals surface area contributed by atoms with Crippen molar-refractivity contribution >= 4 is 162 Å². The first-order valence-electron chi connectivity index (χ1n) is 47.2. The van der Waals surface area contributed by atoms with Gasteiger partial charge in [0.2, 0.25) is 0 Å². The van der Waals surface area contributed by atoms with Crippen LogP contribution in [0.4, 0.5) is 51.2 Å². The molecule has 135 heavy (non-hydrogen) atoms. The maximum atomic E-state index is 14.9. The molecule has 3 aliphatic rings. The molecule has 0 atom stereocenters. The molecular weight excluding hydrogens is 1700 g/mol. The van der Waals surface area contributed by atoms with E-state index in [0.29, 0.717) is 67.5 Å². The molecule has 0 amide bonds. The highest BCUT2D eigenvalue weighted by Crippen LogP contribution is 2.61. The third-order valence-corrected chi connectivity index (χ3v) is 29.6. The number of hydrogen-bond acceptors (Lipinski definition) is 12. The van der Waals surface area contributed by atoms with Crippen LogP contribution in [0.15, 0.2) is 329 Å². The van der Waals surface area contributed by atoms with Gasteiger partial charge in [0.05, 0.1) is 39.6 Å². The van der Waals surface area contributed by atoms with E-state index in [1.165, 1.54) is 36.3 Å². The molecule has 0 radical (unpaired) electrons. The van der Waals surface area contributed by atoms with Gasteiger partial charge in [0.25, 0.3) is 0 Å². The van der Waals surface area contributed by atoms with E-state index in [1.807, 2.05) is 24.3 Å².